The van der Waals surface area contributed by atoms with E-state index in [4.69, 9.17) is 24.4 Å². The average Bonchev–Trinajstić information content (AvgIpc) is 2.81. The molecule has 0 aromatic heterocycles. The summed E-state index contributed by atoms with van der Waals surface area (Å²) in [7, 11) is 0. The lowest BCUT2D eigenvalue weighted by atomic mass is 9.99. The minimum absolute atomic E-state index is 0.00806. The zero-order valence-electron chi connectivity index (χ0n) is 20.3. The van der Waals surface area contributed by atoms with Gasteiger partial charge in [-0.15, -0.1) is 0 Å². The van der Waals surface area contributed by atoms with Gasteiger partial charge in [0.25, 0.3) is 0 Å². The number of amides is 2. The van der Waals surface area contributed by atoms with Crippen LogP contribution in [0.4, 0.5) is 9.59 Å². The number of carbonyl (C=O) groups excluding carboxylic acids is 3. The molecule has 33 heavy (non-hydrogen) atoms. The van der Waals surface area contributed by atoms with Crippen LogP contribution in [0.5, 0.6) is 0 Å². The molecule has 0 saturated heterocycles. The van der Waals surface area contributed by atoms with Gasteiger partial charge in [-0.3, -0.25) is 4.79 Å². The van der Waals surface area contributed by atoms with Crippen LogP contribution in [0.1, 0.15) is 78.1 Å². The topological polar surface area (TPSA) is 143 Å². The average molecular weight is 477 g/mol. The van der Waals surface area contributed by atoms with Gasteiger partial charge in [-0.2, -0.15) is 0 Å². The van der Waals surface area contributed by atoms with Crippen molar-refractivity contribution in [1.29, 1.82) is 0 Å². The number of aliphatic hydroxyl groups is 2. The molecule has 0 bridgehead atoms. The molecule has 194 valence electrons. The highest BCUT2D eigenvalue weighted by Crippen LogP contribution is 2.15. The third-order valence-corrected chi connectivity index (χ3v) is 4.95. The molecule has 0 aliphatic heterocycles. The van der Waals surface area contributed by atoms with Gasteiger partial charge in [-0.1, -0.05) is 39.5 Å². The lowest BCUT2D eigenvalue weighted by Crippen LogP contribution is -2.33. The summed E-state index contributed by atoms with van der Waals surface area (Å²) in [6.07, 6.45) is 6.24. The Bertz CT molecular complexity index is 509. The first-order chi connectivity index (χ1) is 16.0. The van der Waals surface area contributed by atoms with Crippen molar-refractivity contribution >= 4 is 18.2 Å². The molecule has 0 aromatic rings. The van der Waals surface area contributed by atoms with Gasteiger partial charge in [-0.25, -0.2) is 9.59 Å². The van der Waals surface area contributed by atoms with E-state index in [2.05, 4.69) is 24.5 Å². The molecule has 0 spiro atoms. The van der Waals surface area contributed by atoms with Gasteiger partial charge in [0.05, 0.1) is 32.3 Å². The van der Waals surface area contributed by atoms with Crippen molar-refractivity contribution in [3.8, 4) is 0 Å². The number of nitrogens with one attached hydrogen (secondary N) is 2. The summed E-state index contributed by atoms with van der Waals surface area (Å²) in [4.78, 5) is 35.1. The van der Waals surface area contributed by atoms with Gasteiger partial charge in [0.1, 0.15) is 6.10 Å². The van der Waals surface area contributed by atoms with E-state index in [1.165, 1.54) is 0 Å². The smallest absolute Gasteiger partial charge is 0.407 e. The van der Waals surface area contributed by atoms with Crippen LogP contribution in [0.2, 0.25) is 0 Å². The van der Waals surface area contributed by atoms with Gasteiger partial charge in [0.15, 0.2) is 0 Å². The highest BCUT2D eigenvalue weighted by Gasteiger charge is 2.17. The van der Waals surface area contributed by atoms with E-state index in [0.717, 1.165) is 51.4 Å². The van der Waals surface area contributed by atoms with Crippen LogP contribution in [0.15, 0.2) is 0 Å². The van der Waals surface area contributed by atoms with Crippen molar-refractivity contribution in [3.05, 3.63) is 0 Å². The fraction of sp³-hybridized carbons (Fsp3) is 0.870. The molecule has 0 heterocycles. The summed E-state index contributed by atoms with van der Waals surface area (Å²) in [5, 5.41) is 22.9. The summed E-state index contributed by atoms with van der Waals surface area (Å²) < 4.78 is 15.2. The van der Waals surface area contributed by atoms with E-state index in [1.807, 2.05) is 0 Å². The highest BCUT2D eigenvalue weighted by molar-refractivity contribution is 5.72. The van der Waals surface area contributed by atoms with Crippen LogP contribution in [0.3, 0.4) is 0 Å². The van der Waals surface area contributed by atoms with Crippen molar-refractivity contribution in [2.24, 2.45) is 5.92 Å². The van der Waals surface area contributed by atoms with Crippen LogP contribution >= 0.6 is 0 Å². The number of alkyl carbamates (subject to hydrolysis) is 2. The molecule has 0 atom stereocenters. The number of aliphatic hydroxyl groups excluding tert-OH is 2. The maximum absolute atomic E-state index is 12.0. The molecule has 2 amide bonds. The molecule has 10 nitrogen and oxygen atoms in total. The number of hydrogen-bond acceptors (Lipinski definition) is 8. The normalized spacial score (nSPS) is 10.8. The summed E-state index contributed by atoms with van der Waals surface area (Å²) in [6, 6.07) is 0. The molecule has 0 fully saturated rings. The third kappa shape index (κ3) is 18.1. The lowest BCUT2D eigenvalue weighted by Gasteiger charge is -2.14. The first-order valence-electron chi connectivity index (χ1n) is 12.2. The van der Waals surface area contributed by atoms with E-state index in [0.29, 0.717) is 32.5 Å². The number of ether oxygens (including phenoxy) is 3. The summed E-state index contributed by atoms with van der Waals surface area (Å²) in [6.45, 7) is 4.86. The molecule has 10 heteroatoms. The molecule has 0 aliphatic rings. The first kappa shape index (κ1) is 30.9. The maximum atomic E-state index is 12.0. The Morgan fingerprint density at radius 1 is 0.727 bits per heavy atom. The Morgan fingerprint density at radius 2 is 1.24 bits per heavy atom. The van der Waals surface area contributed by atoms with Crippen LogP contribution in [0, 0.1) is 5.92 Å². The SMILES string of the molecule is CCCC(CCC)C(=O)OCCCCOC(=O)NCCCCCCNC(=O)OC(CO)CO. The maximum Gasteiger partial charge on any atom is 0.407 e. The van der Waals surface area contributed by atoms with E-state index < -0.39 is 31.5 Å². The Balaban J connectivity index is 3.54. The van der Waals surface area contributed by atoms with Crippen molar-refractivity contribution in [2.75, 3.05) is 39.5 Å². The van der Waals surface area contributed by atoms with Gasteiger partial charge >= 0.3 is 18.2 Å². The molecule has 0 aromatic carbocycles. The van der Waals surface area contributed by atoms with Gasteiger partial charge < -0.3 is 35.1 Å². The monoisotopic (exact) mass is 476 g/mol. The zero-order chi connectivity index (χ0) is 24.7. The van der Waals surface area contributed by atoms with Crippen LogP contribution in [-0.4, -0.2) is 74.0 Å². The fourth-order valence-corrected chi connectivity index (χ4v) is 3.10. The van der Waals surface area contributed by atoms with E-state index >= 15 is 0 Å². The van der Waals surface area contributed by atoms with Crippen LogP contribution in [-0.2, 0) is 19.0 Å². The Morgan fingerprint density at radius 3 is 1.76 bits per heavy atom. The standard InChI is InChI=1S/C23H44N2O8/c1-3-11-19(12-4-2)21(28)31-15-9-10-16-32-22(29)24-13-7-5-6-8-14-25-23(30)33-20(17-26)18-27/h19-20,26-27H,3-18H2,1-2H3,(H,24,29)(H,25,30). The number of rotatable bonds is 20. The molecular weight excluding hydrogens is 432 g/mol. The summed E-state index contributed by atoms with van der Waals surface area (Å²) in [5.41, 5.74) is 0. The fourth-order valence-electron chi connectivity index (χ4n) is 3.10. The minimum Gasteiger partial charge on any atom is -0.465 e. The van der Waals surface area contributed by atoms with Gasteiger partial charge in [0.2, 0.25) is 0 Å². The number of esters is 1. The lowest BCUT2D eigenvalue weighted by molar-refractivity contribution is -0.149. The second-order valence-electron chi connectivity index (χ2n) is 7.95. The molecule has 4 N–H and O–H groups in total. The Hall–Kier alpha value is -2.07. The van der Waals surface area contributed by atoms with Crippen LogP contribution < -0.4 is 10.6 Å². The predicted molar refractivity (Wildman–Crippen MR) is 124 cm³/mol. The van der Waals surface area contributed by atoms with Gasteiger partial charge in [-0.05, 0) is 38.5 Å². The van der Waals surface area contributed by atoms with E-state index in [-0.39, 0.29) is 18.5 Å². The Kier molecular flexibility index (Phi) is 20.4. The molecule has 0 radical (unpaired) electrons. The highest BCUT2D eigenvalue weighted by atomic mass is 16.6. The summed E-state index contributed by atoms with van der Waals surface area (Å²) >= 11 is 0. The second kappa shape index (κ2) is 21.8. The third-order valence-electron chi connectivity index (χ3n) is 4.95. The quantitative estimate of drug-likeness (QED) is 0.119. The molecular formula is C23H44N2O8. The first-order valence-corrected chi connectivity index (χ1v) is 12.2. The number of hydrogen-bond donors (Lipinski definition) is 4. The number of unbranched alkanes of at least 4 members (excludes halogenated alkanes) is 4. The van der Waals surface area contributed by atoms with Crippen molar-refractivity contribution in [3.63, 3.8) is 0 Å². The molecule has 0 rings (SSSR count). The van der Waals surface area contributed by atoms with Crippen LogP contribution in [0.25, 0.3) is 0 Å². The van der Waals surface area contributed by atoms with E-state index in [9.17, 15) is 14.4 Å². The zero-order valence-corrected chi connectivity index (χ0v) is 20.3. The molecule has 0 saturated carbocycles. The Labute approximate surface area is 197 Å². The van der Waals surface area contributed by atoms with Crippen molar-refractivity contribution in [1.82, 2.24) is 10.6 Å². The van der Waals surface area contributed by atoms with Crippen molar-refractivity contribution in [2.45, 2.75) is 84.2 Å². The molecule has 0 unspecified atom stereocenters. The molecule has 0 aliphatic carbocycles. The predicted octanol–water partition coefficient (Wildman–Crippen LogP) is 2.89. The van der Waals surface area contributed by atoms with Gasteiger partial charge in [0, 0.05) is 13.1 Å². The van der Waals surface area contributed by atoms with Crippen molar-refractivity contribution < 1.29 is 38.8 Å². The largest absolute Gasteiger partial charge is 0.465 e. The van der Waals surface area contributed by atoms with E-state index in [1.54, 1.807) is 0 Å². The summed E-state index contributed by atoms with van der Waals surface area (Å²) in [5.74, 6) is -0.128. The number of carbonyl (C=O) groups is 3. The second-order valence-corrected chi connectivity index (χ2v) is 7.95. The minimum atomic E-state index is -0.901.